The molecular formula is C23H23N5O2S. The number of benzene rings is 1. The highest BCUT2D eigenvalue weighted by Gasteiger charge is 2.18. The number of esters is 1. The van der Waals surface area contributed by atoms with Gasteiger partial charge in [0.15, 0.2) is 0 Å². The van der Waals surface area contributed by atoms with Crippen LogP contribution in [0.4, 0.5) is 0 Å². The molecule has 3 aromatic heterocycles. The molecular weight excluding hydrogens is 410 g/mol. The minimum Gasteiger partial charge on any atom is -0.455 e. The lowest BCUT2D eigenvalue weighted by atomic mass is 10.1. The molecule has 7 nitrogen and oxygen atoms in total. The van der Waals surface area contributed by atoms with E-state index >= 15 is 0 Å². The van der Waals surface area contributed by atoms with Crippen LogP contribution in [-0.4, -0.2) is 30.9 Å². The van der Waals surface area contributed by atoms with E-state index in [-0.39, 0.29) is 6.61 Å². The maximum Gasteiger partial charge on any atom is 0.350 e. The number of aromatic nitrogens is 5. The van der Waals surface area contributed by atoms with Gasteiger partial charge in [0.25, 0.3) is 0 Å². The smallest absolute Gasteiger partial charge is 0.350 e. The van der Waals surface area contributed by atoms with E-state index in [9.17, 15) is 4.79 Å². The predicted octanol–water partition coefficient (Wildman–Crippen LogP) is 4.58. The van der Waals surface area contributed by atoms with Crippen molar-refractivity contribution in [2.75, 3.05) is 0 Å². The fourth-order valence-electron chi connectivity index (χ4n) is 3.09. The quantitative estimate of drug-likeness (QED) is 0.397. The van der Waals surface area contributed by atoms with Gasteiger partial charge in [0.1, 0.15) is 22.2 Å². The number of hydrogen-bond donors (Lipinski definition) is 0. The molecule has 0 aliphatic rings. The van der Waals surface area contributed by atoms with E-state index in [0.717, 1.165) is 34.8 Å². The number of thiazole rings is 1. The molecule has 0 unspecified atom stereocenters. The Bertz CT molecular complexity index is 1200. The third-order valence-corrected chi connectivity index (χ3v) is 6.10. The van der Waals surface area contributed by atoms with Gasteiger partial charge in [-0.2, -0.15) is 0 Å². The highest BCUT2D eigenvalue weighted by atomic mass is 32.1. The first-order valence-corrected chi connectivity index (χ1v) is 11.0. The summed E-state index contributed by atoms with van der Waals surface area (Å²) in [5.41, 5.74) is 5.35. The molecule has 158 valence electrons. The zero-order valence-corrected chi connectivity index (χ0v) is 18.5. The van der Waals surface area contributed by atoms with Gasteiger partial charge < -0.3 is 4.74 Å². The Morgan fingerprint density at radius 3 is 2.65 bits per heavy atom. The molecule has 0 amide bonds. The Kier molecular flexibility index (Phi) is 6.18. The standard InChI is InChI=1S/C23H23N5O2S/c1-4-16-6-8-20(9-7-16)28-13-19(26-27-28)14-30-23(29)21-15(3)25-22(31-21)17-10-11-24-18(5-2)12-17/h6-13H,4-5,14H2,1-3H3. The van der Waals surface area contributed by atoms with Crippen LogP contribution in [0.15, 0.2) is 48.8 Å². The van der Waals surface area contributed by atoms with Crippen LogP contribution in [0.25, 0.3) is 16.3 Å². The Morgan fingerprint density at radius 1 is 1.10 bits per heavy atom. The zero-order chi connectivity index (χ0) is 21.8. The molecule has 0 aliphatic heterocycles. The first-order valence-electron chi connectivity index (χ1n) is 10.2. The molecule has 0 spiro atoms. The van der Waals surface area contributed by atoms with E-state index in [4.69, 9.17) is 4.74 Å². The number of rotatable bonds is 7. The lowest BCUT2D eigenvalue weighted by Crippen LogP contribution is -2.05. The fraction of sp³-hybridized carbons (Fsp3) is 0.261. The highest BCUT2D eigenvalue weighted by Crippen LogP contribution is 2.29. The third kappa shape index (κ3) is 4.69. The molecule has 4 aromatic rings. The number of nitrogens with zero attached hydrogens (tertiary/aromatic N) is 5. The molecule has 0 saturated carbocycles. The van der Waals surface area contributed by atoms with Crippen molar-refractivity contribution in [3.63, 3.8) is 0 Å². The van der Waals surface area contributed by atoms with E-state index in [0.29, 0.717) is 16.3 Å². The average Bonchev–Trinajstić information content (AvgIpc) is 3.44. The monoisotopic (exact) mass is 433 g/mol. The molecule has 3 heterocycles. The molecule has 0 aliphatic carbocycles. The first-order chi connectivity index (χ1) is 15.1. The largest absolute Gasteiger partial charge is 0.455 e. The molecule has 0 bridgehead atoms. The van der Waals surface area contributed by atoms with Crippen molar-refractivity contribution in [2.45, 2.75) is 40.2 Å². The number of carbonyl (C=O) groups excluding carboxylic acids is 1. The Morgan fingerprint density at radius 2 is 1.90 bits per heavy atom. The van der Waals surface area contributed by atoms with Gasteiger partial charge in [-0.25, -0.2) is 14.5 Å². The normalized spacial score (nSPS) is 10.9. The molecule has 0 saturated heterocycles. The zero-order valence-electron chi connectivity index (χ0n) is 17.7. The Hall–Kier alpha value is -3.39. The van der Waals surface area contributed by atoms with Crippen LogP contribution in [0.2, 0.25) is 0 Å². The van der Waals surface area contributed by atoms with Crippen molar-refractivity contribution in [1.29, 1.82) is 0 Å². The summed E-state index contributed by atoms with van der Waals surface area (Å²) in [6, 6.07) is 12.0. The van der Waals surface area contributed by atoms with Gasteiger partial charge in [-0.1, -0.05) is 31.2 Å². The highest BCUT2D eigenvalue weighted by molar-refractivity contribution is 7.17. The summed E-state index contributed by atoms with van der Waals surface area (Å²) in [5.74, 6) is -0.409. The summed E-state index contributed by atoms with van der Waals surface area (Å²) in [4.78, 5) is 22.0. The van der Waals surface area contributed by atoms with Gasteiger partial charge in [-0.3, -0.25) is 4.98 Å². The lowest BCUT2D eigenvalue weighted by molar-refractivity contribution is 0.0472. The topological polar surface area (TPSA) is 82.8 Å². The third-order valence-electron chi connectivity index (χ3n) is 4.91. The van der Waals surface area contributed by atoms with E-state index in [2.05, 4.69) is 46.3 Å². The summed E-state index contributed by atoms with van der Waals surface area (Å²) in [7, 11) is 0. The van der Waals surface area contributed by atoms with Crippen molar-refractivity contribution >= 4 is 17.3 Å². The summed E-state index contributed by atoms with van der Waals surface area (Å²) >= 11 is 1.33. The van der Waals surface area contributed by atoms with E-state index in [1.165, 1.54) is 16.9 Å². The minimum absolute atomic E-state index is 0.0494. The Balaban J connectivity index is 1.43. The van der Waals surface area contributed by atoms with Crippen LogP contribution in [0.1, 0.15) is 46.2 Å². The molecule has 0 fully saturated rings. The summed E-state index contributed by atoms with van der Waals surface area (Å²) in [6.45, 7) is 6.03. The summed E-state index contributed by atoms with van der Waals surface area (Å²) in [5, 5.41) is 9.02. The van der Waals surface area contributed by atoms with Crippen molar-refractivity contribution in [3.05, 3.63) is 76.3 Å². The Labute approximate surface area is 184 Å². The van der Waals surface area contributed by atoms with Crippen LogP contribution in [0, 0.1) is 6.92 Å². The number of hydrogen-bond acceptors (Lipinski definition) is 7. The van der Waals surface area contributed by atoms with Crippen molar-refractivity contribution in [1.82, 2.24) is 25.0 Å². The maximum absolute atomic E-state index is 12.6. The van der Waals surface area contributed by atoms with Gasteiger partial charge in [0.2, 0.25) is 0 Å². The molecule has 31 heavy (non-hydrogen) atoms. The second-order valence-corrected chi connectivity index (χ2v) is 8.07. The van der Waals surface area contributed by atoms with Crippen molar-refractivity contribution < 1.29 is 9.53 Å². The fourth-order valence-corrected chi connectivity index (χ4v) is 4.05. The molecule has 0 N–H and O–H groups in total. The molecule has 4 rings (SSSR count). The number of pyridine rings is 1. The van der Waals surface area contributed by atoms with Gasteiger partial charge in [0.05, 0.1) is 17.6 Å². The van der Waals surface area contributed by atoms with Gasteiger partial charge in [-0.15, -0.1) is 16.4 Å². The van der Waals surface area contributed by atoms with E-state index < -0.39 is 5.97 Å². The number of aryl methyl sites for hydroxylation is 3. The van der Waals surface area contributed by atoms with Gasteiger partial charge in [-0.05, 0) is 49.6 Å². The minimum atomic E-state index is -0.409. The van der Waals surface area contributed by atoms with E-state index in [1.807, 2.05) is 31.2 Å². The first kappa shape index (κ1) is 20.9. The second-order valence-electron chi connectivity index (χ2n) is 7.07. The molecule has 8 heteroatoms. The molecule has 1 aromatic carbocycles. The average molecular weight is 434 g/mol. The second kappa shape index (κ2) is 9.18. The summed E-state index contributed by atoms with van der Waals surface area (Å²) < 4.78 is 7.15. The number of ether oxygens (including phenoxy) is 1. The predicted molar refractivity (Wildman–Crippen MR) is 119 cm³/mol. The van der Waals surface area contributed by atoms with Crippen molar-refractivity contribution in [3.8, 4) is 16.3 Å². The lowest BCUT2D eigenvalue weighted by Gasteiger charge is -2.02. The van der Waals surface area contributed by atoms with Gasteiger partial charge in [0, 0.05) is 17.5 Å². The summed E-state index contributed by atoms with van der Waals surface area (Å²) in [6.07, 6.45) is 5.36. The SMILES string of the molecule is CCc1ccc(-n2cc(COC(=O)c3sc(-c4ccnc(CC)c4)nc3C)nn2)cc1. The van der Waals surface area contributed by atoms with Crippen molar-refractivity contribution in [2.24, 2.45) is 0 Å². The number of carbonyl (C=O) groups is 1. The van der Waals surface area contributed by atoms with Crippen LogP contribution >= 0.6 is 11.3 Å². The van der Waals surface area contributed by atoms with Crippen LogP contribution in [0.5, 0.6) is 0 Å². The van der Waals surface area contributed by atoms with Crippen LogP contribution < -0.4 is 0 Å². The maximum atomic E-state index is 12.6. The van der Waals surface area contributed by atoms with Crippen LogP contribution in [0.3, 0.4) is 0 Å². The van der Waals surface area contributed by atoms with E-state index in [1.54, 1.807) is 17.1 Å². The van der Waals surface area contributed by atoms with Gasteiger partial charge >= 0.3 is 5.97 Å². The van der Waals surface area contributed by atoms with Crippen LogP contribution in [-0.2, 0) is 24.2 Å². The molecule has 0 atom stereocenters. The molecule has 0 radical (unpaired) electrons.